The number of thiophene rings is 1. The van der Waals surface area contributed by atoms with Crippen molar-refractivity contribution in [3.05, 3.63) is 63.1 Å². The molecule has 0 radical (unpaired) electrons. The number of amides is 1. The number of rotatable bonds is 6. The molecule has 0 spiro atoms. The van der Waals surface area contributed by atoms with E-state index in [1.54, 1.807) is 0 Å². The van der Waals surface area contributed by atoms with Crippen LogP contribution in [0.1, 0.15) is 39.0 Å². The molecule has 136 valence electrons. The van der Waals surface area contributed by atoms with E-state index in [-0.39, 0.29) is 5.91 Å². The van der Waals surface area contributed by atoms with Gasteiger partial charge in [0.2, 0.25) is 0 Å². The molecule has 26 heavy (non-hydrogen) atoms. The van der Waals surface area contributed by atoms with E-state index in [1.165, 1.54) is 16.9 Å². The van der Waals surface area contributed by atoms with Gasteiger partial charge in [-0.3, -0.25) is 9.48 Å². The molecule has 2 heterocycles. The van der Waals surface area contributed by atoms with Gasteiger partial charge in [0.05, 0.1) is 16.3 Å². The second kappa shape index (κ2) is 7.74. The monoisotopic (exact) mass is 369 g/mol. The van der Waals surface area contributed by atoms with Crippen LogP contribution in [-0.2, 0) is 13.2 Å². The fourth-order valence-corrected chi connectivity index (χ4v) is 3.39. The van der Waals surface area contributed by atoms with Gasteiger partial charge in [-0.2, -0.15) is 5.10 Å². The van der Waals surface area contributed by atoms with Crippen LogP contribution in [0.5, 0.6) is 5.75 Å². The number of ether oxygens (including phenoxy) is 1. The molecule has 0 aliphatic heterocycles. The molecule has 1 amide bonds. The lowest BCUT2D eigenvalue weighted by molar-refractivity contribution is 0.103. The molecule has 6 heteroatoms. The van der Waals surface area contributed by atoms with E-state index in [0.717, 1.165) is 34.8 Å². The number of hydrogen-bond acceptors (Lipinski definition) is 4. The average molecular weight is 369 g/mol. The largest absolute Gasteiger partial charge is 0.489 e. The predicted octanol–water partition coefficient (Wildman–Crippen LogP) is 4.72. The van der Waals surface area contributed by atoms with Gasteiger partial charge >= 0.3 is 0 Å². The molecule has 3 rings (SSSR count). The molecule has 0 aliphatic rings. The third kappa shape index (κ3) is 3.96. The molecule has 2 aromatic heterocycles. The predicted molar refractivity (Wildman–Crippen MR) is 105 cm³/mol. The maximum atomic E-state index is 12.5. The number of nitrogens with one attached hydrogen (secondary N) is 1. The van der Waals surface area contributed by atoms with Gasteiger partial charge in [0.1, 0.15) is 12.4 Å². The van der Waals surface area contributed by atoms with Crippen LogP contribution in [0.4, 0.5) is 5.69 Å². The van der Waals surface area contributed by atoms with Crippen molar-refractivity contribution in [2.75, 3.05) is 5.32 Å². The fraction of sp³-hybridized carbons (Fsp3) is 0.300. The molecule has 1 aromatic carbocycles. The molecule has 1 N–H and O–H groups in total. The first-order chi connectivity index (χ1) is 12.5. The second-order valence-corrected chi connectivity index (χ2v) is 7.16. The Kier molecular flexibility index (Phi) is 5.42. The summed E-state index contributed by atoms with van der Waals surface area (Å²) in [6.07, 6.45) is 1.85. The summed E-state index contributed by atoms with van der Waals surface area (Å²) in [4.78, 5) is 13.1. The van der Waals surface area contributed by atoms with Crippen LogP contribution in [-0.4, -0.2) is 15.7 Å². The van der Waals surface area contributed by atoms with Gasteiger partial charge in [-0.1, -0.05) is 12.1 Å². The average Bonchev–Trinajstić information content (AvgIpc) is 3.23. The van der Waals surface area contributed by atoms with Crippen molar-refractivity contribution in [2.24, 2.45) is 0 Å². The molecule has 5 nitrogen and oxygen atoms in total. The lowest BCUT2D eigenvalue weighted by atomic mass is 10.1. The van der Waals surface area contributed by atoms with Gasteiger partial charge in [0.25, 0.3) is 5.91 Å². The number of hydrogen-bond donors (Lipinski definition) is 1. The molecule has 0 atom stereocenters. The lowest BCUT2D eigenvalue weighted by Gasteiger charge is -2.09. The maximum absolute atomic E-state index is 12.5. The van der Waals surface area contributed by atoms with Crippen LogP contribution in [0, 0.1) is 20.8 Å². The standard InChI is InChI=1S/C20H23N3O2S/c1-5-23-10-17(15(4)22-23)21-20(24)19-9-16(12-26-19)11-25-18-8-6-7-13(2)14(18)3/h6-10,12H,5,11H2,1-4H3,(H,21,24). The minimum Gasteiger partial charge on any atom is -0.489 e. The third-order valence-electron chi connectivity index (χ3n) is 4.35. The summed E-state index contributed by atoms with van der Waals surface area (Å²) in [5, 5.41) is 9.24. The topological polar surface area (TPSA) is 56.2 Å². The molecule has 3 aromatic rings. The fourth-order valence-electron chi connectivity index (χ4n) is 2.60. The zero-order chi connectivity index (χ0) is 18.7. The Labute approximate surface area is 157 Å². The zero-order valence-corrected chi connectivity index (χ0v) is 16.3. The molecular formula is C20H23N3O2S. The highest BCUT2D eigenvalue weighted by atomic mass is 32.1. The number of benzene rings is 1. The van der Waals surface area contributed by atoms with Gasteiger partial charge in [0.15, 0.2) is 0 Å². The number of aryl methyl sites for hydroxylation is 3. The van der Waals surface area contributed by atoms with E-state index >= 15 is 0 Å². The van der Waals surface area contributed by atoms with E-state index in [2.05, 4.69) is 30.3 Å². The molecule has 0 bridgehead atoms. The third-order valence-corrected chi connectivity index (χ3v) is 5.32. The molecule has 0 saturated heterocycles. The van der Waals surface area contributed by atoms with Crippen molar-refractivity contribution in [2.45, 2.75) is 40.8 Å². The van der Waals surface area contributed by atoms with Gasteiger partial charge < -0.3 is 10.1 Å². The summed E-state index contributed by atoms with van der Waals surface area (Å²) in [5.41, 5.74) is 4.90. The summed E-state index contributed by atoms with van der Waals surface area (Å²) in [6, 6.07) is 7.90. The Balaban J connectivity index is 1.64. The highest BCUT2D eigenvalue weighted by Gasteiger charge is 2.13. The van der Waals surface area contributed by atoms with Crippen LogP contribution in [0.2, 0.25) is 0 Å². The molecular weight excluding hydrogens is 346 g/mol. The second-order valence-electron chi connectivity index (χ2n) is 6.24. The Hall–Kier alpha value is -2.60. The minimum absolute atomic E-state index is 0.119. The smallest absolute Gasteiger partial charge is 0.265 e. The first-order valence-corrected chi connectivity index (χ1v) is 9.47. The summed E-state index contributed by atoms with van der Waals surface area (Å²) >= 11 is 1.42. The maximum Gasteiger partial charge on any atom is 0.265 e. The first kappa shape index (κ1) is 18.2. The van der Waals surface area contributed by atoms with E-state index in [4.69, 9.17) is 4.74 Å². The number of nitrogens with zero attached hydrogens (tertiary/aromatic N) is 2. The summed E-state index contributed by atoms with van der Waals surface area (Å²) < 4.78 is 7.72. The lowest BCUT2D eigenvalue weighted by Crippen LogP contribution is -2.10. The van der Waals surface area contributed by atoms with Crippen molar-refractivity contribution < 1.29 is 9.53 Å². The van der Waals surface area contributed by atoms with Gasteiger partial charge in [0, 0.05) is 18.3 Å². The number of carbonyl (C=O) groups excluding carboxylic acids is 1. The van der Waals surface area contributed by atoms with Gasteiger partial charge in [-0.15, -0.1) is 11.3 Å². The van der Waals surface area contributed by atoms with Gasteiger partial charge in [-0.25, -0.2) is 0 Å². The van der Waals surface area contributed by atoms with E-state index in [1.807, 2.05) is 48.3 Å². The quantitative estimate of drug-likeness (QED) is 0.684. The van der Waals surface area contributed by atoms with Gasteiger partial charge in [-0.05, 0) is 56.3 Å². The summed E-state index contributed by atoms with van der Waals surface area (Å²) in [6.45, 7) is 9.24. The molecule has 0 saturated carbocycles. The van der Waals surface area contributed by atoms with Crippen LogP contribution < -0.4 is 10.1 Å². The first-order valence-electron chi connectivity index (χ1n) is 8.59. The number of carbonyl (C=O) groups is 1. The Morgan fingerprint density at radius 3 is 2.85 bits per heavy atom. The molecule has 0 unspecified atom stereocenters. The van der Waals surface area contributed by atoms with E-state index in [0.29, 0.717) is 11.5 Å². The van der Waals surface area contributed by atoms with Crippen molar-refractivity contribution in [1.29, 1.82) is 0 Å². The summed E-state index contributed by atoms with van der Waals surface area (Å²) in [5.74, 6) is 0.761. The highest BCUT2D eigenvalue weighted by Crippen LogP contribution is 2.23. The van der Waals surface area contributed by atoms with Crippen LogP contribution in [0.15, 0.2) is 35.8 Å². The Bertz CT molecular complexity index is 927. The summed E-state index contributed by atoms with van der Waals surface area (Å²) in [7, 11) is 0. The van der Waals surface area contributed by atoms with Crippen molar-refractivity contribution in [3.8, 4) is 5.75 Å². The van der Waals surface area contributed by atoms with Crippen LogP contribution in [0.25, 0.3) is 0 Å². The Morgan fingerprint density at radius 2 is 2.12 bits per heavy atom. The van der Waals surface area contributed by atoms with Crippen LogP contribution in [0.3, 0.4) is 0 Å². The van der Waals surface area contributed by atoms with Crippen molar-refractivity contribution in [1.82, 2.24) is 9.78 Å². The van der Waals surface area contributed by atoms with Crippen LogP contribution >= 0.6 is 11.3 Å². The van der Waals surface area contributed by atoms with E-state index in [9.17, 15) is 4.79 Å². The SMILES string of the molecule is CCn1cc(NC(=O)c2cc(COc3cccc(C)c3C)cs2)c(C)n1. The minimum atomic E-state index is -0.119. The highest BCUT2D eigenvalue weighted by molar-refractivity contribution is 7.12. The van der Waals surface area contributed by atoms with Crippen molar-refractivity contribution >= 4 is 22.9 Å². The number of aromatic nitrogens is 2. The normalized spacial score (nSPS) is 10.8. The Morgan fingerprint density at radius 1 is 1.31 bits per heavy atom. The molecule has 0 fully saturated rings. The zero-order valence-electron chi connectivity index (χ0n) is 15.5. The van der Waals surface area contributed by atoms with E-state index < -0.39 is 0 Å². The van der Waals surface area contributed by atoms with Crippen molar-refractivity contribution in [3.63, 3.8) is 0 Å². The molecule has 0 aliphatic carbocycles. The number of anilines is 1.